The predicted molar refractivity (Wildman–Crippen MR) is 48.5 cm³/mol. The Balaban J connectivity index is 2.29. The van der Waals surface area contributed by atoms with Crippen molar-refractivity contribution >= 4 is 22.7 Å². The van der Waals surface area contributed by atoms with Crippen LogP contribution < -0.4 is 0 Å². The monoisotopic (exact) mass is 185 g/mol. The van der Waals surface area contributed by atoms with Crippen LogP contribution in [0.4, 0.5) is 0 Å². The Hall–Kier alpha value is -0.350. The second kappa shape index (κ2) is 2.57. The van der Waals surface area contributed by atoms with Crippen LogP contribution in [0.15, 0.2) is 4.99 Å². The molecule has 0 aromatic rings. The molecule has 2 unspecified atom stereocenters. The van der Waals surface area contributed by atoms with E-state index in [0.717, 1.165) is 11.5 Å². The lowest BCUT2D eigenvalue weighted by molar-refractivity contribution is -0.120. The molecule has 66 valence electrons. The first kappa shape index (κ1) is 8.26. The van der Waals surface area contributed by atoms with Crippen LogP contribution in [0.5, 0.6) is 0 Å². The Labute approximate surface area is 75.6 Å². The first-order chi connectivity index (χ1) is 5.65. The molecule has 12 heavy (non-hydrogen) atoms. The molecule has 0 aliphatic carbocycles. The lowest BCUT2D eigenvalue weighted by Crippen LogP contribution is -2.37. The minimum Gasteiger partial charge on any atom is -0.376 e. The minimum atomic E-state index is -0.371. The maximum absolute atomic E-state index is 11.5. The molecule has 0 aromatic heterocycles. The van der Waals surface area contributed by atoms with E-state index < -0.39 is 0 Å². The van der Waals surface area contributed by atoms with E-state index >= 15 is 0 Å². The number of carbonyl (C=O) groups is 1. The second-order valence-electron chi connectivity index (χ2n) is 3.19. The molecule has 1 spiro atoms. The van der Waals surface area contributed by atoms with Crippen molar-refractivity contribution in [2.75, 3.05) is 6.61 Å². The number of hydrogen-bond acceptors (Lipinski definition) is 3. The van der Waals surface area contributed by atoms with Crippen molar-refractivity contribution in [1.29, 1.82) is 0 Å². The molecule has 2 aliphatic rings. The van der Waals surface area contributed by atoms with Gasteiger partial charge in [-0.3, -0.25) is 4.79 Å². The first-order valence-electron chi connectivity index (χ1n) is 4.05. The third-order valence-corrected chi connectivity index (χ3v) is 3.91. The third kappa shape index (κ3) is 0.944. The number of amides is 1. The van der Waals surface area contributed by atoms with E-state index in [9.17, 15) is 4.79 Å². The molecule has 0 aromatic carbocycles. The number of rotatable bonds is 0. The molecule has 4 heteroatoms. The zero-order chi connectivity index (χ0) is 8.77. The van der Waals surface area contributed by atoms with Gasteiger partial charge < -0.3 is 4.74 Å². The van der Waals surface area contributed by atoms with Crippen LogP contribution in [0, 0.1) is 0 Å². The summed E-state index contributed by atoms with van der Waals surface area (Å²) in [4.78, 5) is 15.5. The molecule has 2 aliphatic heterocycles. The van der Waals surface area contributed by atoms with E-state index in [1.165, 1.54) is 0 Å². The van der Waals surface area contributed by atoms with Crippen LogP contribution in [-0.4, -0.2) is 28.4 Å². The molecular formula is C8H11NO2S. The zero-order valence-corrected chi connectivity index (χ0v) is 7.98. The molecule has 1 fully saturated rings. The van der Waals surface area contributed by atoms with Crippen LogP contribution in [-0.2, 0) is 9.53 Å². The first-order valence-corrected chi connectivity index (χ1v) is 4.87. The van der Waals surface area contributed by atoms with Crippen LogP contribution in [0.25, 0.3) is 0 Å². The number of carbonyl (C=O) groups excluding carboxylic acids is 1. The van der Waals surface area contributed by atoms with Crippen LogP contribution in [0.2, 0.25) is 0 Å². The summed E-state index contributed by atoms with van der Waals surface area (Å²) in [5.41, 5.74) is 0. The van der Waals surface area contributed by atoms with Gasteiger partial charge in [0.25, 0.3) is 5.91 Å². The van der Waals surface area contributed by atoms with Gasteiger partial charge >= 0.3 is 0 Å². The van der Waals surface area contributed by atoms with Gasteiger partial charge in [0.15, 0.2) is 0 Å². The van der Waals surface area contributed by atoms with Crippen molar-refractivity contribution in [2.24, 2.45) is 4.99 Å². The van der Waals surface area contributed by atoms with Crippen molar-refractivity contribution < 1.29 is 9.53 Å². The summed E-state index contributed by atoms with van der Waals surface area (Å²) in [6.45, 7) is 4.51. The number of thioether (sulfide) groups is 1. The maximum atomic E-state index is 11.5. The standard InChI is InChI=1S/C8H11NO2S/c1-5-8(3-4-11-5)7(10)9-6(2)12-8/h5H,3-4H2,1-2H3. The smallest absolute Gasteiger partial charge is 0.265 e. The van der Waals surface area contributed by atoms with E-state index in [-0.39, 0.29) is 16.8 Å². The van der Waals surface area contributed by atoms with Crippen LogP contribution >= 0.6 is 11.8 Å². The summed E-state index contributed by atoms with van der Waals surface area (Å²) in [5.74, 6) is -0.00463. The predicted octanol–water partition coefficient (Wildman–Crippen LogP) is 1.23. The Morgan fingerprint density at radius 2 is 2.50 bits per heavy atom. The lowest BCUT2D eigenvalue weighted by Gasteiger charge is -2.21. The molecular weight excluding hydrogens is 174 g/mol. The molecule has 1 saturated heterocycles. The highest BCUT2D eigenvalue weighted by Gasteiger charge is 2.52. The normalized spacial score (nSPS) is 41.0. The lowest BCUT2D eigenvalue weighted by atomic mass is 10.0. The fraction of sp³-hybridized carbons (Fsp3) is 0.750. The van der Waals surface area contributed by atoms with Crippen molar-refractivity contribution in [1.82, 2.24) is 0 Å². The molecule has 2 atom stereocenters. The summed E-state index contributed by atoms with van der Waals surface area (Å²) in [6.07, 6.45) is 0.814. The van der Waals surface area contributed by atoms with Gasteiger partial charge in [-0.1, -0.05) is 11.8 Å². The Kier molecular flexibility index (Phi) is 1.77. The van der Waals surface area contributed by atoms with Gasteiger partial charge in [0.05, 0.1) is 11.1 Å². The maximum Gasteiger partial charge on any atom is 0.265 e. The molecule has 2 heterocycles. The van der Waals surface area contributed by atoms with Gasteiger partial charge in [0, 0.05) is 6.61 Å². The van der Waals surface area contributed by atoms with E-state index in [1.807, 2.05) is 13.8 Å². The average Bonchev–Trinajstić information content (AvgIpc) is 2.44. The highest BCUT2D eigenvalue weighted by molar-refractivity contribution is 8.16. The molecule has 3 nitrogen and oxygen atoms in total. The summed E-state index contributed by atoms with van der Waals surface area (Å²) in [6, 6.07) is 0. The fourth-order valence-corrected chi connectivity index (χ4v) is 2.92. The Bertz CT molecular complexity index is 264. The summed E-state index contributed by atoms with van der Waals surface area (Å²) >= 11 is 1.57. The zero-order valence-electron chi connectivity index (χ0n) is 7.16. The molecule has 0 radical (unpaired) electrons. The Morgan fingerprint density at radius 1 is 1.75 bits per heavy atom. The number of nitrogens with zero attached hydrogens (tertiary/aromatic N) is 1. The molecule has 0 bridgehead atoms. The molecule has 1 amide bonds. The molecule has 2 rings (SSSR count). The van der Waals surface area contributed by atoms with Crippen molar-refractivity contribution in [3.8, 4) is 0 Å². The highest BCUT2D eigenvalue weighted by atomic mass is 32.2. The molecule has 0 N–H and O–H groups in total. The van der Waals surface area contributed by atoms with Gasteiger partial charge in [-0.2, -0.15) is 0 Å². The van der Waals surface area contributed by atoms with Gasteiger partial charge in [0.2, 0.25) is 0 Å². The van der Waals surface area contributed by atoms with Gasteiger partial charge in [-0.25, -0.2) is 4.99 Å². The van der Waals surface area contributed by atoms with Gasteiger partial charge in [-0.05, 0) is 20.3 Å². The van der Waals surface area contributed by atoms with Crippen molar-refractivity contribution in [2.45, 2.75) is 31.1 Å². The topological polar surface area (TPSA) is 38.7 Å². The summed E-state index contributed by atoms with van der Waals surface area (Å²) in [5, 5.41) is 0.873. The van der Waals surface area contributed by atoms with E-state index in [2.05, 4.69) is 4.99 Å². The van der Waals surface area contributed by atoms with Crippen LogP contribution in [0.1, 0.15) is 20.3 Å². The van der Waals surface area contributed by atoms with E-state index in [0.29, 0.717) is 6.61 Å². The van der Waals surface area contributed by atoms with Crippen LogP contribution in [0.3, 0.4) is 0 Å². The second-order valence-corrected chi connectivity index (χ2v) is 4.71. The van der Waals surface area contributed by atoms with E-state index in [1.54, 1.807) is 11.8 Å². The largest absolute Gasteiger partial charge is 0.376 e. The minimum absolute atomic E-state index is 0.00463. The SMILES string of the molecule is CC1=NC(=O)C2(CCOC2C)S1. The van der Waals surface area contributed by atoms with Crippen molar-refractivity contribution in [3.05, 3.63) is 0 Å². The van der Waals surface area contributed by atoms with Crippen molar-refractivity contribution in [3.63, 3.8) is 0 Å². The fourth-order valence-electron chi connectivity index (χ4n) is 1.71. The summed E-state index contributed by atoms with van der Waals surface area (Å²) < 4.78 is 5.02. The number of ether oxygens (including phenoxy) is 1. The quantitative estimate of drug-likeness (QED) is 0.569. The number of hydrogen-bond donors (Lipinski definition) is 0. The van der Waals surface area contributed by atoms with E-state index in [4.69, 9.17) is 4.74 Å². The van der Waals surface area contributed by atoms with Gasteiger partial charge in [-0.15, -0.1) is 0 Å². The average molecular weight is 185 g/mol. The highest BCUT2D eigenvalue weighted by Crippen LogP contribution is 2.44. The van der Waals surface area contributed by atoms with Gasteiger partial charge in [0.1, 0.15) is 4.75 Å². The summed E-state index contributed by atoms with van der Waals surface area (Å²) in [7, 11) is 0. The number of aliphatic imine (C=N–C) groups is 1. The third-order valence-electron chi connectivity index (χ3n) is 2.45. The Morgan fingerprint density at radius 3 is 2.92 bits per heavy atom. The molecule has 0 saturated carbocycles.